The topological polar surface area (TPSA) is 17.1 Å². The van der Waals surface area contributed by atoms with Crippen molar-refractivity contribution in [1.29, 1.82) is 0 Å². The maximum absolute atomic E-state index is 13.0. The summed E-state index contributed by atoms with van der Waals surface area (Å²) in [6.07, 6.45) is 0.888. The number of rotatable bonds is 3. The summed E-state index contributed by atoms with van der Waals surface area (Å²) < 4.78 is 0. The fourth-order valence-corrected chi connectivity index (χ4v) is 4.31. The van der Waals surface area contributed by atoms with Gasteiger partial charge in [0.05, 0.1) is 0 Å². The quantitative estimate of drug-likeness (QED) is 0.761. The average molecular weight is 292 g/mol. The van der Waals surface area contributed by atoms with E-state index >= 15 is 0 Å². The van der Waals surface area contributed by atoms with Crippen LogP contribution in [0, 0.1) is 11.3 Å². The van der Waals surface area contributed by atoms with Gasteiger partial charge in [-0.3, -0.25) is 4.79 Å². The van der Waals surface area contributed by atoms with E-state index in [1.54, 1.807) is 0 Å². The maximum atomic E-state index is 13.0. The molecule has 114 valence electrons. The van der Waals surface area contributed by atoms with Crippen molar-refractivity contribution in [1.82, 2.24) is 0 Å². The Morgan fingerprint density at radius 2 is 1.41 bits per heavy atom. The molecule has 0 amide bonds. The number of carbonyl (C=O) groups excluding carboxylic acids is 1. The van der Waals surface area contributed by atoms with Crippen molar-refractivity contribution in [3.63, 3.8) is 0 Å². The van der Waals surface area contributed by atoms with Crippen LogP contribution in [-0.4, -0.2) is 5.78 Å². The molecule has 0 unspecified atom stereocenters. The second-order valence-corrected chi connectivity index (χ2v) is 6.75. The van der Waals surface area contributed by atoms with E-state index in [-0.39, 0.29) is 23.2 Å². The van der Waals surface area contributed by atoms with Crippen LogP contribution >= 0.6 is 0 Å². The van der Waals surface area contributed by atoms with Gasteiger partial charge in [-0.05, 0) is 17.5 Å². The molecule has 4 atom stereocenters. The number of ketones is 1. The highest BCUT2D eigenvalue weighted by Gasteiger charge is 2.55. The van der Waals surface area contributed by atoms with E-state index in [2.05, 4.69) is 69.3 Å². The zero-order chi connectivity index (χ0) is 15.7. The third-order valence-corrected chi connectivity index (χ3v) is 5.64. The van der Waals surface area contributed by atoms with Crippen molar-refractivity contribution in [2.45, 2.75) is 39.0 Å². The van der Waals surface area contributed by atoms with Gasteiger partial charge < -0.3 is 0 Å². The molecule has 22 heavy (non-hydrogen) atoms. The van der Waals surface area contributed by atoms with E-state index in [9.17, 15) is 4.79 Å². The molecule has 0 spiro atoms. The van der Waals surface area contributed by atoms with Crippen LogP contribution in [0.3, 0.4) is 0 Å². The van der Waals surface area contributed by atoms with Crippen molar-refractivity contribution in [3.05, 3.63) is 71.8 Å². The standard InChI is InChI=1S/C21H24O/c1-4-21(3)19(17-13-9-6-10-14-17)18(15(2)20(21)22)16-11-7-5-8-12-16/h5-15,18-19H,4H2,1-3H3/t15-,18+,19+,21-/m0/s1. The summed E-state index contributed by atoms with van der Waals surface area (Å²) in [5.41, 5.74) is 2.30. The van der Waals surface area contributed by atoms with E-state index in [1.165, 1.54) is 11.1 Å². The predicted molar refractivity (Wildman–Crippen MR) is 90.9 cm³/mol. The summed E-state index contributed by atoms with van der Waals surface area (Å²) in [6, 6.07) is 21.1. The molecule has 2 aromatic rings. The molecule has 0 heterocycles. The highest BCUT2D eigenvalue weighted by Crippen LogP contribution is 2.58. The van der Waals surface area contributed by atoms with Crippen LogP contribution in [0.25, 0.3) is 0 Å². The van der Waals surface area contributed by atoms with Crippen LogP contribution in [0.1, 0.15) is 50.2 Å². The van der Waals surface area contributed by atoms with Crippen LogP contribution in [0.5, 0.6) is 0 Å². The Bertz CT molecular complexity index is 646. The first-order valence-corrected chi connectivity index (χ1v) is 8.23. The predicted octanol–water partition coefficient (Wildman–Crippen LogP) is 5.19. The third-order valence-electron chi connectivity index (χ3n) is 5.64. The van der Waals surface area contributed by atoms with Gasteiger partial charge in [-0.15, -0.1) is 0 Å². The Kier molecular flexibility index (Phi) is 3.90. The van der Waals surface area contributed by atoms with Crippen molar-refractivity contribution in [2.24, 2.45) is 11.3 Å². The minimum Gasteiger partial charge on any atom is -0.299 e. The summed E-state index contributed by atoms with van der Waals surface area (Å²) in [7, 11) is 0. The van der Waals surface area contributed by atoms with E-state index in [4.69, 9.17) is 0 Å². The Hall–Kier alpha value is -1.89. The van der Waals surface area contributed by atoms with Crippen molar-refractivity contribution in [3.8, 4) is 0 Å². The van der Waals surface area contributed by atoms with E-state index in [0.717, 1.165) is 6.42 Å². The second kappa shape index (κ2) is 5.72. The number of carbonyl (C=O) groups is 1. The lowest BCUT2D eigenvalue weighted by atomic mass is 9.70. The molecule has 1 nitrogen and oxygen atoms in total. The third kappa shape index (κ3) is 2.20. The molecule has 1 aliphatic rings. The van der Waals surface area contributed by atoms with E-state index in [1.807, 2.05) is 12.1 Å². The highest BCUT2D eigenvalue weighted by molar-refractivity contribution is 5.91. The SMILES string of the molecule is CC[C@]1(C)C(=O)[C@@H](C)[C@H](c2ccccc2)[C@H]1c1ccccc1. The first kappa shape index (κ1) is 15.0. The Balaban J connectivity index is 2.16. The molecule has 0 N–H and O–H groups in total. The molecule has 0 bridgehead atoms. The summed E-state index contributed by atoms with van der Waals surface area (Å²) >= 11 is 0. The molecule has 0 saturated heterocycles. The molecule has 1 fully saturated rings. The first-order valence-electron chi connectivity index (χ1n) is 8.23. The van der Waals surface area contributed by atoms with Gasteiger partial charge in [-0.25, -0.2) is 0 Å². The Labute approximate surface area is 133 Å². The molecule has 0 aliphatic heterocycles. The fourth-order valence-electron chi connectivity index (χ4n) is 4.31. The van der Waals surface area contributed by atoms with Crippen LogP contribution in [0.2, 0.25) is 0 Å². The molecule has 3 rings (SSSR count). The van der Waals surface area contributed by atoms with Gasteiger partial charge in [-0.2, -0.15) is 0 Å². The minimum absolute atomic E-state index is 0.0672. The van der Waals surface area contributed by atoms with Crippen LogP contribution < -0.4 is 0 Å². The number of benzene rings is 2. The van der Waals surface area contributed by atoms with Gasteiger partial charge in [0.1, 0.15) is 5.78 Å². The molecular formula is C21H24O. The Morgan fingerprint density at radius 1 is 0.909 bits per heavy atom. The van der Waals surface area contributed by atoms with Crippen molar-refractivity contribution in [2.75, 3.05) is 0 Å². The van der Waals surface area contributed by atoms with Crippen molar-refractivity contribution < 1.29 is 4.79 Å². The monoisotopic (exact) mass is 292 g/mol. The normalized spacial score (nSPS) is 31.4. The van der Waals surface area contributed by atoms with Gasteiger partial charge in [0.25, 0.3) is 0 Å². The van der Waals surface area contributed by atoms with Gasteiger partial charge >= 0.3 is 0 Å². The highest BCUT2D eigenvalue weighted by atomic mass is 16.1. The fraction of sp³-hybridized carbons (Fsp3) is 0.381. The summed E-state index contributed by atoms with van der Waals surface area (Å²) in [6.45, 7) is 6.41. The van der Waals surface area contributed by atoms with Gasteiger partial charge in [0.15, 0.2) is 0 Å². The zero-order valence-electron chi connectivity index (χ0n) is 13.6. The summed E-state index contributed by atoms with van der Waals surface area (Å²) in [4.78, 5) is 13.0. The Morgan fingerprint density at radius 3 is 1.91 bits per heavy atom. The molecule has 1 heteroatoms. The smallest absolute Gasteiger partial charge is 0.142 e. The van der Waals surface area contributed by atoms with Crippen LogP contribution in [-0.2, 0) is 4.79 Å². The lowest BCUT2D eigenvalue weighted by Gasteiger charge is -2.32. The van der Waals surface area contributed by atoms with E-state index < -0.39 is 0 Å². The maximum Gasteiger partial charge on any atom is 0.142 e. The van der Waals surface area contributed by atoms with Gasteiger partial charge in [0.2, 0.25) is 0 Å². The molecular weight excluding hydrogens is 268 g/mol. The molecule has 0 radical (unpaired) electrons. The first-order chi connectivity index (χ1) is 10.6. The lowest BCUT2D eigenvalue weighted by Crippen LogP contribution is -2.28. The molecule has 1 saturated carbocycles. The second-order valence-electron chi connectivity index (χ2n) is 6.75. The van der Waals surface area contributed by atoms with Gasteiger partial charge in [0, 0.05) is 23.2 Å². The zero-order valence-corrected chi connectivity index (χ0v) is 13.6. The number of hydrogen-bond donors (Lipinski definition) is 0. The average Bonchev–Trinajstić information content (AvgIpc) is 2.78. The number of hydrogen-bond acceptors (Lipinski definition) is 1. The van der Waals surface area contributed by atoms with Crippen LogP contribution in [0.15, 0.2) is 60.7 Å². The number of Topliss-reactive ketones (excluding diaryl/α,β-unsaturated/α-hetero) is 1. The van der Waals surface area contributed by atoms with Crippen molar-refractivity contribution >= 4 is 5.78 Å². The van der Waals surface area contributed by atoms with Crippen LogP contribution in [0.4, 0.5) is 0 Å². The molecule has 2 aromatic carbocycles. The summed E-state index contributed by atoms with van der Waals surface area (Å²) in [5, 5.41) is 0. The van der Waals surface area contributed by atoms with E-state index in [0.29, 0.717) is 5.78 Å². The molecule has 0 aromatic heterocycles. The largest absolute Gasteiger partial charge is 0.299 e. The minimum atomic E-state index is -0.277. The summed E-state index contributed by atoms with van der Waals surface area (Å²) in [5.74, 6) is 1.000. The van der Waals surface area contributed by atoms with Gasteiger partial charge in [-0.1, -0.05) is 81.4 Å². The molecule has 1 aliphatic carbocycles. The lowest BCUT2D eigenvalue weighted by molar-refractivity contribution is -0.128.